The van der Waals surface area contributed by atoms with Gasteiger partial charge in [0.15, 0.2) is 5.16 Å². The van der Waals surface area contributed by atoms with E-state index in [1.54, 1.807) is 33.3 Å². The summed E-state index contributed by atoms with van der Waals surface area (Å²) in [5.74, 6) is 0.151. The van der Waals surface area contributed by atoms with Crippen molar-refractivity contribution in [3.63, 3.8) is 0 Å². The largest absolute Gasteiger partial charge is 0.348 e. The molecule has 158 valence electrons. The molecule has 30 heavy (non-hydrogen) atoms. The Bertz CT molecular complexity index is 1120. The van der Waals surface area contributed by atoms with Crippen LogP contribution in [0.3, 0.4) is 0 Å². The number of aryl methyl sites for hydroxylation is 2. The number of amides is 1. The second-order valence-corrected chi connectivity index (χ2v) is 10.4. The van der Waals surface area contributed by atoms with Crippen LogP contribution >= 0.6 is 34.4 Å². The maximum absolute atomic E-state index is 13.3. The van der Waals surface area contributed by atoms with Crippen molar-refractivity contribution in [2.24, 2.45) is 0 Å². The summed E-state index contributed by atoms with van der Waals surface area (Å²) in [6, 6.07) is 3.96. The van der Waals surface area contributed by atoms with E-state index in [0.29, 0.717) is 11.7 Å². The van der Waals surface area contributed by atoms with Crippen LogP contribution in [0.4, 0.5) is 0 Å². The Morgan fingerprint density at radius 3 is 3.00 bits per heavy atom. The molecule has 1 aliphatic rings. The molecule has 8 heteroatoms. The molecule has 0 bridgehead atoms. The van der Waals surface area contributed by atoms with Crippen molar-refractivity contribution in [1.29, 1.82) is 0 Å². The van der Waals surface area contributed by atoms with Gasteiger partial charge in [-0.3, -0.25) is 14.2 Å². The molecule has 4 rings (SSSR count). The van der Waals surface area contributed by atoms with E-state index in [2.05, 4.69) is 11.9 Å². The van der Waals surface area contributed by atoms with E-state index in [9.17, 15) is 9.59 Å². The van der Waals surface area contributed by atoms with E-state index in [0.717, 1.165) is 34.4 Å². The van der Waals surface area contributed by atoms with Gasteiger partial charge in [0.05, 0.1) is 17.2 Å². The second-order valence-electron chi connectivity index (χ2n) is 7.44. The van der Waals surface area contributed by atoms with E-state index >= 15 is 0 Å². The number of hydrogen-bond donors (Lipinski definition) is 1. The van der Waals surface area contributed by atoms with Gasteiger partial charge in [0, 0.05) is 16.3 Å². The molecule has 0 aromatic carbocycles. The number of nitrogens with zero attached hydrogens (tertiary/aromatic N) is 2. The van der Waals surface area contributed by atoms with E-state index in [-0.39, 0.29) is 23.3 Å². The SMILES string of the molecule is C=CCn1c(SCC(=O)NC(C)c2cccs2)nc2sc3c(c2c1=O)CCCCC3. The van der Waals surface area contributed by atoms with Crippen molar-refractivity contribution in [3.8, 4) is 0 Å². The second kappa shape index (κ2) is 9.49. The van der Waals surface area contributed by atoms with Crippen LogP contribution in [0.25, 0.3) is 10.2 Å². The van der Waals surface area contributed by atoms with Crippen molar-refractivity contribution in [1.82, 2.24) is 14.9 Å². The van der Waals surface area contributed by atoms with E-state index < -0.39 is 0 Å². The fourth-order valence-corrected chi connectivity index (χ4v) is 6.68. The molecule has 1 N–H and O–H groups in total. The minimum atomic E-state index is -0.0673. The molecule has 0 aliphatic heterocycles. The van der Waals surface area contributed by atoms with Crippen LogP contribution in [0.1, 0.15) is 47.5 Å². The number of thioether (sulfide) groups is 1. The third-order valence-electron chi connectivity index (χ3n) is 5.28. The highest BCUT2D eigenvalue weighted by Crippen LogP contribution is 2.34. The number of allylic oxidation sites excluding steroid dienone is 1. The van der Waals surface area contributed by atoms with Gasteiger partial charge in [0.2, 0.25) is 5.91 Å². The molecular formula is C22H25N3O2S3. The first-order valence-corrected chi connectivity index (χ1v) is 12.9. The fourth-order valence-electron chi connectivity index (χ4n) is 3.82. The van der Waals surface area contributed by atoms with Gasteiger partial charge in [0.25, 0.3) is 5.56 Å². The van der Waals surface area contributed by atoms with Gasteiger partial charge >= 0.3 is 0 Å². The first-order chi connectivity index (χ1) is 14.6. The van der Waals surface area contributed by atoms with Crippen molar-refractivity contribution >= 4 is 50.6 Å². The number of carbonyl (C=O) groups is 1. The Hall–Kier alpha value is -1.90. The Labute approximate surface area is 188 Å². The molecular weight excluding hydrogens is 434 g/mol. The van der Waals surface area contributed by atoms with E-state index in [4.69, 9.17) is 4.98 Å². The normalized spacial score (nSPS) is 14.8. The topological polar surface area (TPSA) is 64.0 Å². The molecule has 5 nitrogen and oxygen atoms in total. The number of rotatable bonds is 7. The summed E-state index contributed by atoms with van der Waals surface area (Å²) in [6.45, 7) is 6.17. The average Bonchev–Trinajstić information content (AvgIpc) is 3.32. The van der Waals surface area contributed by atoms with Gasteiger partial charge in [-0.15, -0.1) is 29.3 Å². The zero-order valence-corrected chi connectivity index (χ0v) is 19.4. The highest BCUT2D eigenvalue weighted by atomic mass is 32.2. The van der Waals surface area contributed by atoms with Crippen LogP contribution in [0.5, 0.6) is 0 Å². The highest BCUT2D eigenvalue weighted by molar-refractivity contribution is 7.99. The number of fused-ring (bicyclic) bond motifs is 3. The Balaban J connectivity index is 1.58. The smallest absolute Gasteiger partial charge is 0.263 e. The predicted molar refractivity (Wildman–Crippen MR) is 127 cm³/mol. The lowest BCUT2D eigenvalue weighted by atomic mass is 10.1. The Morgan fingerprint density at radius 1 is 1.40 bits per heavy atom. The predicted octanol–water partition coefficient (Wildman–Crippen LogP) is 4.94. The van der Waals surface area contributed by atoms with E-state index in [1.165, 1.54) is 35.0 Å². The summed E-state index contributed by atoms with van der Waals surface area (Å²) < 4.78 is 1.66. The van der Waals surface area contributed by atoms with Gasteiger partial charge in [0.1, 0.15) is 4.83 Å². The summed E-state index contributed by atoms with van der Waals surface area (Å²) in [4.78, 5) is 33.9. The number of carbonyl (C=O) groups excluding carboxylic acids is 1. The Morgan fingerprint density at radius 2 is 2.23 bits per heavy atom. The van der Waals surface area contributed by atoms with Crippen LogP contribution in [0, 0.1) is 0 Å². The standard InChI is InChI=1S/C22H25N3O2S3/c1-3-11-25-21(27)19-15-8-5-4-6-9-17(15)30-20(19)24-22(25)29-13-18(26)23-14(2)16-10-7-12-28-16/h3,7,10,12,14H,1,4-6,8-9,11,13H2,2H3,(H,23,26). The fraction of sp³-hybridized carbons (Fsp3) is 0.409. The minimum absolute atomic E-state index is 0.00541. The Kier molecular flexibility index (Phi) is 6.75. The molecule has 3 heterocycles. The van der Waals surface area contributed by atoms with Crippen LogP contribution in [0.15, 0.2) is 40.1 Å². The molecule has 1 amide bonds. The first-order valence-electron chi connectivity index (χ1n) is 10.2. The van der Waals surface area contributed by atoms with Gasteiger partial charge in [-0.05, 0) is 49.6 Å². The molecule has 3 aromatic heterocycles. The molecule has 0 saturated heterocycles. The maximum Gasteiger partial charge on any atom is 0.263 e. The zero-order valence-electron chi connectivity index (χ0n) is 17.0. The van der Waals surface area contributed by atoms with Crippen LogP contribution in [0.2, 0.25) is 0 Å². The van der Waals surface area contributed by atoms with E-state index in [1.807, 2.05) is 24.4 Å². The van der Waals surface area contributed by atoms with Crippen LogP contribution in [-0.2, 0) is 24.2 Å². The van der Waals surface area contributed by atoms with Gasteiger partial charge in [-0.2, -0.15) is 0 Å². The van der Waals surface area contributed by atoms with Crippen LogP contribution in [-0.4, -0.2) is 21.2 Å². The van der Waals surface area contributed by atoms with Gasteiger partial charge in [-0.25, -0.2) is 4.98 Å². The maximum atomic E-state index is 13.3. The number of hydrogen-bond acceptors (Lipinski definition) is 6. The molecule has 0 saturated carbocycles. The van der Waals surface area contributed by atoms with Gasteiger partial charge in [-0.1, -0.05) is 30.3 Å². The highest BCUT2D eigenvalue weighted by Gasteiger charge is 2.22. The summed E-state index contributed by atoms with van der Waals surface area (Å²) in [5, 5.41) is 6.39. The number of nitrogens with one attached hydrogen (secondary N) is 1. The first kappa shape index (κ1) is 21.3. The third-order valence-corrected chi connectivity index (χ3v) is 8.50. The van der Waals surface area contributed by atoms with Crippen molar-refractivity contribution in [2.75, 3.05) is 5.75 Å². The average molecular weight is 460 g/mol. The zero-order chi connectivity index (χ0) is 21.1. The quantitative estimate of drug-likeness (QED) is 0.235. The lowest BCUT2D eigenvalue weighted by Gasteiger charge is -2.13. The van der Waals surface area contributed by atoms with Crippen molar-refractivity contribution in [3.05, 3.63) is 55.8 Å². The third kappa shape index (κ3) is 4.40. The monoisotopic (exact) mass is 459 g/mol. The number of thiophene rings is 2. The van der Waals surface area contributed by atoms with Gasteiger partial charge < -0.3 is 5.32 Å². The van der Waals surface area contributed by atoms with Crippen molar-refractivity contribution < 1.29 is 4.79 Å². The summed E-state index contributed by atoms with van der Waals surface area (Å²) in [5.41, 5.74) is 1.19. The molecule has 0 spiro atoms. The lowest BCUT2D eigenvalue weighted by molar-refractivity contribution is -0.119. The van der Waals surface area contributed by atoms with Crippen LogP contribution < -0.4 is 10.9 Å². The van der Waals surface area contributed by atoms with Crippen molar-refractivity contribution in [2.45, 2.75) is 56.8 Å². The molecule has 0 fully saturated rings. The summed E-state index contributed by atoms with van der Waals surface area (Å²) >= 11 is 4.59. The summed E-state index contributed by atoms with van der Waals surface area (Å²) in [6.07, 6.45) is 7.20. The minimum Gasteiger partial charge on any atom is -0.348 e. The summed E-state index contributed by atoms with van der Waals surface area (Å²) in [7, 11) is 0. The molecule has 1 aliphatic carbocycles. The molecule has 1 unspecified atom stereocenters. The lowest BCUT2D eigenvalue weighted by Crippen LogP contribution is -2.28. The molecule has 3 aromatic rings. The molecule has 0 radical (unpaired) electrons. The number of aromatic nitrogens is 2. The molecule has 1 atom stereocenters.